The normalized spacial score (nSPS) is 9.12. The van der Waals surface area contributed by atoms with Crippen LogP contribution < -0.4 is 0 Å². The molecule has 0 radical (unpaired) electrons. The Morgan fingerprint density at radius 1 is 0.625 bits per heavy atom. The van der Waals surface area contributed by atoms with Crippen LogP contribution in [0.2, 0.25) is 0 Å². The third kappa shape index (κ3) is 3.74. The van der Waals surface area contributed by atoms with Crippen LogP contribution >= 0.6 is 34.0 Å². The standard InChI is InChI=1S/C13H12O.2BrH/c14-13(11-7-3-1-4-8-11)12-9-5-2-6-10-12;;/h1-10,13-14H;2*1H. The molecule has 2 aromatic rings. The molecule has 0 aromatic heterocycles. The molecule has 0 aliphatic rings. The highest BCUT2D eigenvalue weighted by molar-refractivity contribution is 8.93. The number of benzene rings is 2. The molecule has 0 heterocycles. The second-order valence-corrected chi connectivity index (χ2v) is 3.22. The molecule has 86 valence electrons. The Balaban J connectivity index is 0.00000112. The highest BCUT2D eigenvalue weighted by atomic mass is 79.9. The van der Waals surface area contributed by atoms with E-state index in [1.54, 1.807) is 0 Å². The van der Waals surface area contributed by atoms with Crippen LogP contribution in [0.25, 0.3) is 0 Å². The van der Waals surface area contributed by atoms with Crippen molar-refractivity contribution in [1.82, 2.24) is 0 Å². The molecule has 16 heavy (non-hydrogen) atoms. The Labute approximate surface area is 117 Å². The van der Waals surface area contributed by atoms with Crippen molar-refractivity contribution < 1.29 is 5.11 Å². The zero-order valence-electron chi connectivity index (χ0n) is 8.61. The fourth-order valence-electron chi connectivity index (χ4n) is 1.46. The average Bonchev–Trinajstić information content (AvgIpc) is 2.30. The second kappa shape index (κ2) is 7.60. The molecule has 0 saturated heterocycles. The van der Waals surface area contributed by atoms with Crippen molar-refractivity contribution in [3.05, 3.63) is 71.8 Å². The van der Waals surface area contributed by atoms with Gasteiger partial charge in [0.1, 0.15) is 6.10 Å². The first-order chi connectivity index (χ1) is 6.88. The van der Waals surface area contributed by atoms with E-state index in [4.69, 9.17) is 0 Å². The van der Waals surface area contributed by atoms with Gasteiger partial charge in [0.25, 0.3) is 0 Å². The van der Waals surface area contributed by atoms with E-state index >= 15 is 0 Å². The molecule has 0 spiro atoms. The summed E-state index contributed by atoms with van der Waals surface area (Å²) in [5, 5.41) is 9.99. The number of aliphatic hydroxyl groups excluding tert-OH is 1. The smallest absolute Gasteiger partial charge is 0.104 e. The first-order valence-corrected chi connectivity index (χ1v) is 4.66. The molecule has 0 saturated carbocycles. The zero-order chi connectivity index (χ0) is 9.80. The molecule has 0 unspecified atom stereocenters. The summed E-state index contributed by atoms with van der Waals surface area (Å²) in [6.45, 7) is 0. The SMILES string of the molecule is Br.Br.OC(c1ccccc1)c1ccccc1. The maximum Gasteiger partial charge on any atom is 0.104 e. The van der Waals surface area contributed by atoms with E-state index in [0.29, 0.717) is 0 Å². The molecule has 1 N–H and O–H groups in total. The topological polar surface area (TPSA) is 20.2 Å². The summed E-state index contributed by atoms with van der Waals surface area (Å²) in [7, 11) is 0. The van der Waals surface area contributed by atoms with Crippen molar-refractivity contribution in [2.75, 3.05) is 0 Å². The molecule has 2 rings (SSSR count). The summed E-state index contributed by atoms with van der Waals surface area (Å²) >= 11 is 0. The van der Waals surface area contributed by atoms with Crippen molar-refractivity contribution in [3.63, 3.8) is 0 Å². The van der Waals surface area contributed by atoms with Gasteiger partial charge in [0.2, 0.25) is 0 Å². The first kappa shape index (κ1) is 15.4. The van der Waals surface area contributed by atoms with E-state index in [1.165, 1.54) is 0 Å². The Morgan fingerprint density at radius 3 is 1.25 bits per heavy atom. The minimum atomic E-state index is -0.516. The second-order valence-electron chi connectivity index (χ2n) is 3.22. The molecule has 2 aromatic carbocycles. The van der Waals surface area contributed by atoms with Gasteiger partial charge in [-0.3, -0.25) is 0 Å². The number of aliphatic hydroxyl groups is 1. The highest BCUT2D eigenvalue weighted by Gasteiger charge is 2.07. The maximum atomic E-state index is 9.99. The maximum absolute atomic E-state index is 9.99. The van der Waals surface area contributed by atoms with Crippen molar-refractivity contribution in [2.24, 2.45) is 0 Å². The lowest BCUT2D eigenvalue weighted by Gasteiger charge is -2.10. The molecular weight excluding hydrogens is 332 g/mol. The summed E-state index contributed by atoms with van der Waals surface area (Å²) in [4.78, 5) is 0. The van der Waals surface area contributed by atoms with Crippen molar-refractivity contribution >= 4 is 34.0 Å². The lowest BCUT2D eigenvalue weighted by atomic mass is 10.0. The van der Waals surface area contributed by atoms with Crippen molar-refractivity contribution in [2.45, 2.75) is 6.10 Å². The lowest BCUT2D eigenvalue weighted by Crippen LogP contribution is -1.98. The fraction of sp³-hybridized carbons (Fsp3) is 0.0769. The highest BCUT2D eigenvalue weighted by Crippen LogP contribution is 2.20. The molecule has 0 aliphatic heterocycles. The lowest BCUT2D eigenvalue weighted by molar-refractivity contribution is 0.220. The molecule has 0 aliphatic carbocycles. The van der Waals surface area contributed by atoms with Crippen molar-refractivity contribution in [1.29, 1.82) is 0 Å². The Hall–Kier alpha value is -0.640. The van der Waals surface area contributed by atoms with Crippen LogP contribution in [0.1, 0.15) is 17.2 Å². The van der Waals surface area contributed by atoms with Crippen LogP contribution in [0.5, 0.6) is 0 Å². The summed E-state index contributed by atoms with van der Waals surface area (Å²) in [5.74, 6) is 0. The molecule has 1 nitrogen and oxygen atoms in total. The van der Waals surface area contributed by atoms with Gasteiger partial charge in [-0.1, -0.05) is 60.7 Å². The number of rotatable bonds is 2. The predicted octanol–water partition coefficient (Wildman–Crippen LogP) is 3.92. The third-order valence-corrected chi connectivity index (χ3v) is 2.23. The Kier molecular flexibility index (Phi) is 7.30. The molecule has 0 fully saturated rings. The largest absolute Gasteiger partial charge is 0.384 e. The van der Waals surface area contributed by atoms with Gasteiger partial charge in [-0.2, -0.15) is 0 Å². The van der Waals surface area contributed by atoms with Crippen LogP contribution in [-0.2, 0) is 0 Å². The van der Waals surface area contributed by atoms with Gasteiger partial charge in [0, 0.05) is 0 Å². The van der Waals surface area contributed by atoms with Gasteiger partial charge in [-0.15, -0.1) is 34.0 Å². The van der Waals surface area contributed by atoms with E-state index in [-0.39, 0.29) is 34.0 Å². The molecule has 0 amide bonds. The summed E-state index contributed by atoms with van der Waals surface area (Å²) in [5.41, 5.74) is 1.86. The number of hydrogen-bond acceptors (Lipinski definition) is 1. The van der Waals surface area contributed by atoms with Gasteiger partial charge in [-0.25, -0.2) is 0 Å². The molecule has 3 heteroatoms. The van der Waals surface area contributed by atoms with Gasteiger partial charge in [0.15, 0.2) is 0 Å². The van der Waals surface area contributed by atoms with Crippen LogP contribution in [0.3, 0.4) is 0 Å². The van der Waals surface area contributed by atoms with Gasteiger partial charge in [0.05, 0.1) is 0 Å². The van der Waals surface area contributed by atoms with E-state index in [9.17, 15) is 5.11 Å². The summed E-state index contributed by atoms with van der Waals surface area (Å²) < 4.78 is 0. The Bertz CT molecular complexity index is 350. The quantitative estimate of drug-likeness (QED) is 0.874. The summed E-state index contributed by atoms with van der Waals surface area (Å²) in [6.07, 6.45) is -0.516. The summed E-state index contributed by atoms with van der Waals surface area (Å²) in [6, 6.07) is 19.3. The average molecular weight is 346 g/mol. The monoisotopic (exact) mass is 344 g/mol. The fourth-order valence-corrected chi connectivity index (χ4v) is 1.46. The Morgan fingerprint density at radius 2 is 0.938 bits per heavy atom. The third-order valence-electron chi connectivity index (χ3n) is 2.23. The molecular formula is C13H14Br2O. The van der Waals surface area contributed by atoms with Gasteiger partial charge in [-0.05, 0) is 11.1 Å². The number of halogens is 2. The molecule has 0 atom stereocenters. The van der Waals surface area contributed by atoms with Crippen molar-refractivity contribution in [3.8, 4) is 0 Å². The number of hydrogen-bond donors (Lipinski definition) is 1. The zero-order valence-corrected chi connectivity index (χ0v) is 12.0. The first-order valence-electron chi connectivity index (χ1n) is 4.66. The van der Waals surface area contributed by atoms with Crippen LogP contribution in [0.4, 0.5) is 0 Å². The van der Waals surface area contributed by atoms with Gasteiger partial charge >= 0.3 is 0 Å². The van der Waals surface area contributed by atoms with Crippen LogP contribution in [0.15, 0.2) is 60.7 Å². The molecule has 0 bridgehead atoms. The van der Waals surface area contributed by atoms with E-state index in [0.717, 1.165) is 11.1 Å². The van der Waals surface area contributed by atoms with Crippen LogP contribution in [0, 0.1) is 0 Å². The minimum Gasteiger partial charge on any atom is -0.384 e. The van der Waals surface area contributed by atoms with E-state index in [2.05, 4.69) is 0 Å². The van der Waals surface area contributed by atoms with Gasteiger partial charge < -0.3 is 5.11 Å². The predicted molar refractivity (Wildman–Crippen MR) is 77.6 cm³/mol. The minimum absolute atomic E-state index is 0. The van der Waals surface area contributed by atoms with Crippen LogP contribution in [-0.4, -0.2) is 5.11 Å². The van der Waals surface area contributed by atoms with E-state index < -0.39 is 6.10 Å². The van der Waals surface area contributed by atoms with E-state index in [1.807, 2.05) is 60.7 Å².